The second-order valence-corrected chi connectivity index (χ2v) is 3.78. The maximum Gasteiger partial charge on any atom is 0.0213 e. The average Bonchev–Trinajstić information content (AvgIpc) is 1.84. The van der Waals surface area contributed by atoms with E-state index in [0.29, 0.717) is 4.75 Å². The first-order valence-corrected chi connectivity index (χ1v) is 3.27. The summed E-state index contributed by atoms with van der Waals surface area (Å²) in [5.41, 5.74) is 0. The average molecular weight is 113 g/mol. The molecule has 0 aromatic carbocycles. The maximum absolute atomic E-state index is 2.21. The second kappa shape index (κ2) is 1.55. The lowest BCUT2D eigenvalue weighted by molar-refractivity contribution is 0.864. The van der Waals surface area contributed by atoms with Crippen LogP contribution in [0, 0.1) is 6.42 Å². The molecule has 0 aromatic heterocycles. The predicted molar refractivity (Wildman–Crippen MR) is 35.1 cm³/mol. The van der Waals surface area contributed by atoms with E-state index in [1.807, 2.05) is 11.8 Å². The molecule has 7 heavy (non-hydrogen) atoms. The van der Waals surface area contributed by atoms with Crippen LogP contribution in [0.2, 0.25) is 0 Å². The van der Waals surface area contributed by atoms with Crippen molar-refractivity contribution in [1.82, 2.24) is 0 Å². The van der Waals surface area contributed by atoms with E-state index < -0.39 is 0 Å². The molecule has 1 rings (SSSR count). The maximum atomic E-state index is 2.21. The number of thioether (sulfide) groups is 1. The minimum absolute atomic E-state index is 0.375. The van der Waals surface area contributed by atoms with Crippen LogP contribution in [0.1, 0.15) is 13.8 Å². The molecular formula is C6H9S. The molecule has 0 saturated heterocycles. The molecule has 0 spiro atoms. The Kier molecular flexibility index (Phi) is 1.16. The molecule has 0 N–H and O–H groups in total. The van der Waals surface area contributed by atoms with Crippen LogP contribution in [0.5, 0.6) is 0 Å². The first-order valence-electron chi connectivity index (χ1n) is 2.40. The van der Waals surface area contributed by atoms with Crippen LogP contribution in [0.25, 0.3) is 0 Å². The van der Waals surface area contributed by atoms with Crippen LogP contribution in [0.4, 0.5) is 0 Å². The van der Waals surface area contributed by atoms with Crippen molar-refractivity contribution >= 4 is 11.8 Å². The van der Waals surface area contributed by atoms with Crippen molar-refractivity contribution in [2.24, 2.45) is 0 Å². The van der Waals surface area contributed by atoms with Crippen LogP contribution < -0.4 is 0 Å². The van der Waals surface area contributed by atoms with E-state index in [0.717, 1.165) is 0 Å². The first kappa shape index (κ1) is 5.23. The third-order valence-corrected chi connectivity index (χ3v) is 1.98. The van der Waals surface area contributed by atoms with Crippen LogP contribution >= 0.6 is 11.8 Å². The molecule has 0 nitrogen and oxygen atoms in total. The van der Waals surface area contributed by atoms with Gasteiger partial charge in [0.05, 0.1) is 0 Å². The molecule has 1 aliphatic heterocycles. The molecule has 1 heterocycles. The van der Waals surface area contributed by atoms with Crippen molar-refractivity contribution < 1.29 is 0 Å². The molecule has 0 atom stereocenters. The third-order valence-electron chi connectivity index (χ3n) is 0.948. The number of rotatable bonds is 0. The van der Waals surface area contributed by atoms with E-state index in [1.165, 1.54) is 0 Å². The Morgan fingerprint density at radius 1 is 1.43 bits per heavy atom. The smallest absolute Gasteiger partial charge is 0.0213 e. The highest BCUT2D eigenvalue weighted by Gasteiger charge is 2.18. The molecular weight excluding hydrogens is 104 g/mol. The largest absolute Gasteiger partial charge is 0.128 e. The second-order valence-electron chi connectivity index (χ2n) is 2.22. The molecule has 39 valence electrons. The van der Waals surface area contributed by atoms with Gasteiger partial charge in [-0.2, -0.15) is 0 Å². The van der Waals surface area contributed by atoms with Crippen molar-refractivity contribution in [3.8, 4) is 0 Å². The Labute approximate surface area is 49.0 Å². The van der Waals surface area contributed by atoms with Gasteiger partial charge in [-0.3, -0.25) is 0 Å². The summed E-state index contributed by atoms with van der Waals surface area (Å²) >= 11 is 1.86. The van der Waals surface area contributed by atoms with E-state index in [-0.39, 0.29) is 0 Å². The van der Waals surface area contributed by atoms with Gasteiger partial charge in [-0.15, -0.1) is 11.8 Å². The summed E-state index contributed by atoms with van der Waals surface area (Å²) in [5, 5.41) is 2.12. The highest BCUT2D eigenvalue weighted by Crippen LogP contribution is 2.33. The summed E-state index contributed by atoms with van der Waals surface area (Å²) in [7, 11) is 0. The molecule has 0 amide bonds. The zero-order chi connectivity index (χ0) is 5.33. The number of hydrogen-bond acceptors (Lipinski definition) is 1. The number of allylic oxidation sites excluding steroid dienone is 1. The zero-order valence-electron chi connectivity index (χ0n) is 4.64. The summed E-state index contributed by atoms with van der Waals surface area (Å²) in [6.45, 7) is 4.41. The highest BCUT2D eigenvalue weighted by molar-refractivity contribution is 8.03. The lowest BCUT2D eigenvalue weighted by Gasteiger charge is -2.12. The third kappa shape index (κ3) is 1.23. The predicted octanol–water partition coefficient (Wildman–Crippen LogP) is 2.23. The van der Waals surface area contributed by atoms with Gasteiger partial charge in [0.1, 0.15) is 0 Å². The minimum Gasteiger partial charge on any atom is -0.128 e. The molecule has 0 saturated carbocycles. The Balaban J connectivity index is 2.49. The Bertz CT molecular complexity index is 82.4. The quantitative estimate of drug-likeness (QED) is 0.464. The summed E-state index contributed by atoms with van der Waals surface area (Å²) in [4.78, 5) is 0. The van der Waals surface area contributed by atoms with Gasteiger partial charge in [0, 0.05) is 4.75 Å². The van der Waals surface area contributed by atoms with Gasteiger partial charge >= 0.3 is 0 Å². The molecule has 1 aliphatic rings. The Hall–Kier alpha value is 0.0900. The summed E-state index contributed by atoms with van der Waals surface area (Å²) in [6, 6.07) is 0. The van der Waals surface area contributed by atoms with Gasteiger partial charge in [0.15, 0.2) is 0 Å². The topological polar surface area (TPSA) is 0 Å². The van der Waals surface area contributed by atoms with Gasteiger partial charge in [-0.1, -0.05) is 6.08 Å². The standard InChI is InChI=1S/C6H9S/c1-6(2)4-3-5-7-6/h3-5H,1-2H3. The van der Waals surface area contributed by atoms with Crippen LogP contribution in [-0.2, 0) is 0 Å². The van der Waals surface area contributed by atoms with E-state index >= 15 is 0 Å². The van der Waals surface area contributed by atoms with Crippen molar-refractivity contribution in [1.29, 1.82) is 0 Å². The fourth-order valence-corrected chi connectivity index (χ4v) is 1.19. The lowest BCUT2D eigenvalue weighted by Crippen LogP contribution is -2.08. The fourth-order valence-electron chi connectivity index (χ4n) is 0.525. The first-order chi connectivity index (χ1) is 3.21. The Morgan fingerprint density at radius 2 is 2.14 bits per heavy atom. The molecule has 0 bridgehead atoms. The van der Waals surface area contributed by atoms with Crippen LogP contribution in [0.3, 0.4) is 0 Å². The van der Waals surface area contributed by atoms with E-state index in [4.69, 9.17) is 0 Å². The molecule has 0 aliphatic carbocycles. The Morgan fingerprint density at radius 3 is 2.29 bits per heavy atom. The van der Waals surface area contributed by atoms with E-state index in [2.05, 4.69) is 31.8 Å². The van der Waals surface area contributed by atoms with Crippen molar-refractivity contribution in [2.45, 2.75) is 18.6 Å². The van der Waals surface area contributed by atoms with Gasteiger partial charge < -0.3 is 0 Å². The van der Waals surface area contributed by atoms with Crippen molar-refractivity contribution in [2.75, 3.05) is 0 Å². The number of hydrogen-bond donors (Lipinski definition) is 0. The van der Waals surface area contributed by atoms with Gasteiger partial charge in [0.25, 0.3) is 0 Å². The molecule has 1 radical (unpaired) electrons. The minimum atomic E-state index is 0.375. The van der Waals surface area contributed by atoms with E-state index in [9.17, 15) is 0 Å². The molecule has 0 fully saturated rings. The molecule has 0 aromatic rings. The summed E-state index contributed by atoms with van der Waals surface area (Å²) < 4.78 is 0.375. The van der Waals surface area contributed by atoms with Crippen molar-refractivity contribution in [3.63, 3.8) is 0 Å². The zero-order valence-corrected chi connectivity index (χ0v) is 5.46. The summed E-state index contributed by atoms with van der Waals surface area (Å²) in [5.74, 6) is 0. The normalized spacial score (nSPS) is 26.0. The van der Waals surface area contributed by atoms with Gasteiger partial charge in [-0.25, -0.2) is 0 Å². The lowest BCUT2D eigenvalue weighted by atomic mass is 10.1. The molecule has 0 unspecified atom stereocenters. The molecule has 1 heteroatoms. The highest BCUT2D eigenvalue weighted by atomic mass is 32.2. The van der Waals surface area contributed by atoms with E-state index in [1.54, 1.807) is 0 Å². The van der Waals surface area contributed by atoms with Gasteiger partial charge in [0.2, 0.25) is 0 Å². The van der Waals surface area contributed by atoms with Crippen LogP contribution in [-0.4, -0.2) is 4.75 Å². The SMILES string of the molecule is CC1(C)[CH]C=CS1. The van der Waals surface area contributed by atoms with Gasteiger partial charge in [-0.05, 0) is 25.7 Å². The monoisotopic (exact) mass is 113 g/mol. The summed E-state index contributed by atoms with van der Waals surface area (Å²) in [6.07, 6.45) is 4.31. The van der Waals surface area contributed by atoms with Crippen molar-refractivity contribution in [3.05, 3.63) is 17.9 Å². The fraction of sp³-hybridized carbons (Fsp3) is 0.500. The van der Waals surface area contributed by atoms with Crippen LogP contribution in [0.15, 0.2) is 11.5 Å².